The molecule has 0 aliphatic rings. The zero-order chi connectivity index (χ0) is 19.7. The normalized spacial score (nSPS) is 12.7. The van der Waals surface area contributed by atoms with E-state index >= 15 is 0 Å². The van der Waals surface area contributed by atoms with E-state index in [9.17, 15) is 19.2 Å². The number of rotatable bonds is 9. The minimum Gasteiger partial charge on any atom is -0.497 e. The summed E-state index contributed by atoms with van der Waals surface area (Å²) in [5, 5.41) is 7.54. The van der Waals surface area contributed by atoms with Crippen molar-refractivity contribution in [3.63, 3.8) is 0 Å². The second-order valence-electron chi connectivity index (χ2n) is 6.13. The number of hydrogen-bond donors (Lipinski definition) is 3. The minimum atomic E-state index is -0.805. The smallest absolute Gasteiger partial charge is 0.251 e. The van der Waals surface area contributed by atoms with Gasteiger partial charge in [0.15, 0.2) is 0 Å². The number of amides is 3. The first-order valence-corrected chi connectivity index (χ1v) is 8.25. The van der Waals surface area contributed by atoms with Gasteiger partial charge in [-0.25, -0.2) is 0 Å². The van der Waals surface area contributed by atoms with E-state index in [1.165, 1.54) is 14.0 Å². The van der Waals surface area contributed by atoms with E-state index in [1.54, 1.807) is 38.1 Å². The van der Waals surface area contributed by atoms with Crippen molar-refractivity contribution in [1.29, 1.82) is 0 Å². The molecule has 0 heterocycles. The second kappa shape index (κ2) is 10.2. The first-order valence-electron chi connectivity index (χ1n) is 8.25. The zero-order valence-electron chi connectivity index (χ0n) is 15.4. The molecule has 8 heteroatoms. The van der Waals surface area contributed by atoms with Crippen LogP contribution in [-0.4, -0.2) is 49.7 Å². The molecule has 1 unspecified atom stereocenters. The van der Waals surface area contributed by atoms with Gasteiger partial charge >= 0.3 is 0 Å². The number of nitrogens with one attached hydrogen (secondary N) is 3. The number of aldehydes is 1. The molecule has 3 amide bonds. The number of benzene rings is 1. The van der Waals surface area contributed by atoms with Crippen LogP contribution < -0.4 is 20.7 Å². The third-order valence-corrected chi connectivity index (χ3v) is 3.60. The summed E-state index contributed by atoms with van der Waals surface area (Å²) >= 11 is 0. The number of methoxy groups -OCH3 is 1. The lowest BCUT2D eigenvalue weighted by Gasteiger charge is -2.22. The molecule has 3 N–H and O–H groups in total. The number of carbonyl (C=O) groups is 4. The van der Waals surface area contributed by atoms with Crippen LogP contribution in [0.15, 0.2) is 24.3 Å². The Labute approximate surface area is 152 Å². The van der Waals surface area contributed by atoms with E-state index in [2.05, 4.69) is 16.0 Å². The molecule has 0 saturated heterocycles. The van der Waals surface area contributed by atoms with Crippen LogP contribution in [0.5, 0.6) is 5.75 Å². The number of hydrogen-bond acceptors (Lipinski definition) is 5. The van der Waals surface area contributed by atoms with E-state index in [0.717, 1.165) is 0 Å². The van der Waals surface area contributed by atoms with Crippen molar-refractivity contribution in [2.45, 2.75) is 32.9 Å². The molecule has 0 bridgehead atoms. The van der Waals surface area contributed by atoms with E-state index in [-0.39, 0.29) is 12.5 Å². The van der Waals surface area contributed by atoms with Crippen LogP contribution in [-0.2, 0) is 14.4 Å². The summed E-state index contributed by atoms with van der Waals surface area (Å²) < 4.78 is 5.04. The molecule has 0 radical (unpaired) electrons. The highest BCUT2D eigenvalue weighted by atomic mass is 16.5. The minimum absolute atomic E-state index is 0.186. The molecule has 142 valence electrons. The van der Waals surface area contributed by atoms with Gasteiger partial charge in [0.1, 0.15) is 18.1 Å². The van der Waals surface area contributed by atoms with Crippen LogP contribution in [0.4, 0.5) is 0 Å². The summed E-state index contributed by atoms with van der Waals surface area (Å²) in [6, 6.07) is 5.06. The van der Waals surface area contributed by atoms with Crippen molar-refractivity contribution >= 4 is 24.0 Å². The molecular formula is C18H25N3O5. The Balaban J connectivity index is 2.66. The SMILES string of the molecule is COc1ccc(C(=O)NC(C(=O)NCC(=O)N[C@@H](C)C=O)C(C)C)cc1. The molecule has 0 aliphatic heterocycles. The van der Waals surface area contributed by atoms with Crippen molar-refractivity contribution in [1.82, 2.24) is 16.0 Å². The van der Waals surface area contributed by atoms with E-state index in [0.29, 0.717) is 17.6 Å². The van der Waals surface area contributed by atoms with E-state index in [4.69, 9.17) is 4.74 Å². The van der Waals surface area contributed by atoms with Gasteiger partial charge in [-0.05, 0) is 37.1 Å². The Hall–Kier alpha value is -2.90. The topological polar surface area (TPSA) is 114 Å². The average molecular weight is 363 g/mol. The van der Waals surface area contributed by atoms with Crippen LogP contribution in [0.25, 0.3) is 0 Å². The summed E-state index contributed by atoms with van der Waals surface area (Å²) in [5.41, 5.74) is 0.391. The molecule has 1 rings (SSSR count). The summed E-state index contributed by atoms with van der Waals surface area (Å²) in [6.07, 6.45) is 0.589. The number of carbonyl (C=O) groups excluding carboxylic acids is 4. The Morgan fingerprint density at radius 2 is 1.69 bits per heavy atom. The Morgan fingerprint density at radius 3 is 2.19 bits per heavy atom. The van der Waals surface area contributed by atoms with Gasteiger partial charge in [0.05, 0.1) is 19.7 Å². The highest BCUT2D eigenvalue weighted by Crippen LogP contribution is 2.12. The predicted octanol–water partition coefficient (Wildman–Crippen LogP) is 0.269. The van der Waals surface area contributed by atoms with E-state index in [1.807, 2.05) is 0 Å². The molecule has 1 aromatic rings. The Kier molecular flexibility index (Phi) is 8.27. The first kappa shape index (κ1) is 21.1. The van der Waals surface area contributed by atoms with Crippen LogP contribution in [0, 0.1) is 5.92 Å². The fourth-order valence-electron chi connectivity index (χ4n) is 2.12. The summed E-state index contributed by atoms with van der Waals surface area (Å²) in [6.45, 7) is 4.82. The van der Waals surface area contributed by atoms with Crippen molar-refractivity contribution in [2.24, 2.45) is 5.92 Å². The van der Waals surface area contributed by atoms with Gasteiger partial charge < -0.3 is 25.5 Å². The largest absolute Gasteiger partial charge is 0.497 e. The second-order valence-corrected chi connectivity index (χ2v) is 6.13. The van der Waals surface area contributed by atoms with E-state index < -0.39 is 29.8 Å². The molecule has 0 aliphatic carbocycles. The van der Waals surface area contributed by atoms with Crippen molar-refractivity contribution in [3.05, 3.63) is 29.8 Å². The van der Waals surface area contributed by atoms with Crippen LogP contribution in [0.3, 0.4) is 0 Å². The quantitative estimate of drug-likeness (QED) is 0.545. The molecule has 0 saturated carbocycles. The Morgan fingerprint density at radius 1 is 1.08 bits per heavy atom. The van der Waals surface area contributed by atoms with Gasteiger partial charge in [0.25, 0.3) is 5.91 Å². The van der Waals surface area contributed by atoms with Crippen molar-refractivity contribution in [2.75, 3.05) is 13.7 Å². The van der Waals surface area contributed by atoms with Crippen molar-refractivity contribution < 1.29 is 23.9 Å². The molecule has 26 heavy (non-hydrogen) atoms. The molecule has 1 aromatic carbocycles. The molecular weight excluding hydrogens is 338 g/mol. The van der Waals surface area contributed by atoms with Crippen LogP contribution in [0.2, 0.25) is 0 Å². The summed E-state index contributed by atoms with van der Waals surface area (Å²) in [5.74, 6) is -0.928. The lowest BCUT2D eigenvalue weighted by atomic mass is 10.0. The fraction of sp³-hybridized carbons (Fsp3) is 0.444. The van der Waals surface area contributed by atoms with Crippen LogP contribution in [0.1, 0.15) is 31.1 Å². The summed E-state index contributed by atoms with van der Waals surface area (Å²) in [7, 11) is 1.53. The number of ether oxygens (including phenoxy) is 1. The predicted molar refractivity (Wildman–Crippen MR) is 95.8 cm³/mol. The molecule has 2 atom stereocenters. The van der Waals surface area contributed by atoms with Gasteiger partial charge in [-0.2, -0.15) is 0 Å². The lowest BCUT2D eigenvalue weighted by Crippen LogP contribution is -2.52. The maximum Gasteiger partial charge on any atom is 0.251 e. The third kappa shape index (κ3) is 6.54. The molecule has 0 spiro atoms. The highest BCUT2D eigenvalue weighted by Gasteiger charge is 2.25. The maximum absolute atomic E-state index is 12.3. The van der Waals surface area contributed by atoms with Gasteiger partial charge in [-0.1, -0.05) is 13.8 Å². The van der Waals surface area contributed by atoms with Gasteiger partial charge in [0.2, 0.25) is 11.8 Å². The molecule has 0 aromatic heterocycles. The maximum atomic E-state index is 12.3. The highest BCUT2D eigenvalue weighted by molar-refractivity contribution is 5.98. The first-order chi connectivity index (χ1) is 12.3. The van der Waals surface area contributed by atoms with Gasteiger partial charge in [0, 0.05) is 5.56 Å². The van der Waals surface area contributed by atoms with Crippen LogP contribution >= 0.6 is 0 Å². The van der Waals surface area contributed by atoms with Crippen molar-refractivity contribution in [3.8, 4) is 5.75 Å². The summed E-state index contributed by atoms with van der Waals surface area (Å²) in [4.78, 5) is 46.8. The van der Waals surface area contributed by atoms with Gasteiger partial charge in [-0.3, -0.25) is 14.4 Å². The monoisotopic (exact) mass is 363 g/mol. The molecule has 0 fully saturated rings. The third-order valence-electron chi connectivity index (χ3n) is 3.60. The molecule has 8 nitrogen and oxygen atoms in total. The average Bonchev–Trinajstić information content (AvgIpc) is 2.63. The zero-order valence-corrected chi connectivity index (χ0v) is 15.4. The standard InChI is InChI=1S/C18H25N3O5/c1-11(2)16(18(25)19-9-15(23)20-12(3)10-22)21-17(24)13-5-7-14(26-4)8-6-13/h5-8,10-12,16H,9H2,1-4H3,(H,19,25)(H,20,23)(H,21,24)/t12-,16?/m0/s1. The van der Waals surface area contributed by atoms with Gasteiger partial charge in [-0.15, -0.1) is 0 Å². The fourth-order valence-corrected chi connectivity index (χ4v) is 2.12. The lowest BCUT2D eigenvalue weighted by molar-refractivity contribution is -0.128. The Bertz CT molecular complexity index is 643.